The number of aromatic nitrogens is 2. The van der Waals surface area contributed by atoms with E-state index in [4.69, 9.17) is 9.47 Å². The molecule has 5 heteroatoms. The Morgan fingerprint density at radius 2 is 2.45 bits per heavy atom. The monoisotopic (exact) mass is 174 g/mol. The zero-order valence-electron chi connectivity index (χ0n) is 6.32. The van der Waals surface area contributed by atoms with Gasteiger partial charge in [-0.2, -0.15) is 4.37 Å². The molecule has 11 heavy (non-hydrogen) atoms. The topological polar surface area (TPSA) is 44.2 Å². The molecular weight excluding hydrogens is 164 g/mol. The highest BCUT2D eigenvalue weighted by atomic mass is 32.1. The Bertz CT molecular complexity index is 179. The van der Waals surface area contributed by atoms with Gasteiger partial charge in [-0.1, -0.05) is 0 Å². The van der Waals surface area contributed by atoms with Crippen molar-refractivity contribution in [1.29, 1.82) is 0 Å². The highest BCUT2D eigenvalue weighted by Crippen LogP contribution is 1.95. The Kier molecular flexibility index (Phi) is 4.03. The lowest BCUT2D eigenvalue weighted by molar-refractivity contribution is 0.0590. The van der Waals surface area contributed by atoms with E-state index in [2.05, 4.69) is 9.36 Å². The Labute approximate surface area is 69.3 Å². The summed E-state index contributed by atoms with van der Waals surface area (Å²) in [6, 6.07) is 0. The van der Waals surface area contributed by atoms with Gasteiger partial charge in [0, 0.05) is 7.11 Å². The molecule has 0 unspecified atom stereocenters. The summed E-state index contributed by atoms with van der Waals surface area (Å²) in [6.45, 7) is 1.69. The fourth-order valence-corrected chi connectivity index (χ4v) is 0.999. The molecule has 1 rings (SSSR count). The van der Waals surface area contributed by atoms with Crippen LogP contribution < -0.4 is 0 Å². The SMILES string of the molecule is COCCOCc1ncsn1. The smallest absolute Gasteiger partial charge is 0.167 e. The zero-order valence-corrected chi connectivity index (χ0v) is 7.13. The lowest BCUT2D eigenvalue weighted by Gasteiger charge is -1.98. The second-order valence-corrected chi connectivity index (χ2v) is 2.50. The van der Waals surface area contributed by atoms with Crippen molar-refractivity contribution >= 4 is 11.5 Å². The van der Waals surface area contributed by atoms with Gasteiger partial charge in [0.25, 0.3) is 0 Å². The minimum Gasteiger partial charge on any atom is -0.382 e. The van der Waals surface area contributed by atoms with Crippen LogP contribution in [0.3, 0.4) is 0 Å². The number of hydrogen-bond donors (Lipinski definition) is 0. The van der Waals surface area contributed by atoms with Crippen molar-refractivity contribution in [2.24, 2.45) is 0 Å². The maximum absolute atomic E-state index is 5.18. The third kappa shape index (κ3) is 3.41. The van der Waals surface area contributed by atoms with E-state index >= 15 is 0 Å². The van der Waals surface area contributed by atoms with Crippen molar-refractivity contribution in [2.75, 3.05) is 20.3 Å². The highest BCUT2D eigenvalue weighted by molar-refractivity contribution is 7.03. The van der Waals surface area contributed by atoms with E-state index in [1.807, 2.05) is 0 Å². The van der Waals surface area contributed by atoms with Crippen molar-refractivity contribution in [3.05, 3.63) is 11.3 Å². The predicted octanol–water partition coefficient (Wildman–Crippen LogP) is 0.701. The van der Waals surface area contributed by atoms with Gasteiger partial charge >= 0.3 is 0 Å². The molecule has 1 aromatic rings. The van der Waals surface area contributed by atoms with Crippen LogP contribution in [-0.2, 0) is 16.1 Å². The molecule has 0 bridgehead atoms. The number of rotatable bonds is 5. The Balaban J connectivity index is 2.04. The predicted molar refractivity (Wildman–Crippen MR) is 41.4 cm³/mol. The van der Waals surface area contributed by atoms with E-state index in [0.717, 1.165) is 5.82 Å². The molecule has 0 saturated carbocycles. The standard InChI is InChI=1S/C6H10N2O2S/c1-9-2-3-10-4-6-7-5-11-8-6/h5H,2-4H2,1H3. The molecule has 0 spiro atoms. The van der Waals surface area contributed by atoms with Crippen molar-refractivity contribution in [3.63, 3.8) is 0 Å². The van der Waals surface area contributed by atoms with Crippen LogP contribution in [0.2, 0.25) is 0 Å². The third-order valence-corrected chi connectivity index (χ3v) is 1.59. The summed E-state index contributed by atoms with van der Waals surface area (Å²) in [7, 11) is 1.64. The molecule has 0 N–H and O–H groups in total. The minimum absolute atomic E-state index is 0.479. The molecule has 0 aliphatic heterocycles. The fraction of sp³-hybridized carbons (Fsp3) is 0.667. The van der Waals surface area contributed by atoms with E-state index in [9.17, 15) is 0 Å². The molecule has 4 nitrogen and oxygen atoms in total. The van der Waals surface area contributed by atoms with Gasteiger partial charge in [0.1, 0.15) is 12.1 Å². The van der Waals surface area contributed by atoms with Gasteiger partial charge in [-0.05, 0) is 11.5 Å². The highest BCUT2D eigenvalue weighted by Gasteiger charge is 1.94. The van der Waals surface area contributed by atoms with E-state index < -0.39 is 0 Å². The first-order chi connectivity index (χ1) is 5.43. The maximum Gasteiger partial charge on any atom is 0.167 e. The number of hydrogen-bond acceptors (Lipinski definition) is 5. The first-order valence-corrected chi connectivity index (χ1v) is 4.09. The van der Waals surface area contributed by atoms with E-state index in [-0.39, 0.29) is 0 Å². The van der Waals surface area contributed by atoms with Crippen molar-refractivity contribution in [1.82, 2.24) is 9.36 Å². The van der Waals surface area contributed by atoms with Crippen LogP contribution in [0, 0.1) is 0 Å². The summed E-state index contributed by atoms with van der Waals surface area (Å²) >= 11 is 1.33. The molecular formula is C6H10N2O2S. The average molecular weight is 174 g/mol. The summed E-state index contributed by atoms with van der Waals surface area (Å²) in [4.78, 5) is 3.96. The molecule has 0 amide bonds. The lowest BCUT2D eigenvalue weighted by Crippen LogP contribution is -2.02. The van der Waals surface area contributed by atoms with Gasteiger partial charge in [0.05, 0.1) is 13.2 Å². The summed E-state index contributed by atoms with van der Waals surface area (Å²) < 4.78 is 14.0. The van der Waals surface area contributed by atoms with Crippen molar-refractivity contribution < 1.29 is 9.47 Å². The molecule has 1 heterocycles. The normalized spacial score (nSPS) is 10.3. The second kappa shape index (κ2) is 5.17. The van der Waals surface area contributed by atoms with Crippen LogP contribution >= 0.6 is 11.5 Å². The quantitative estimate of drug-likeness (QED) is 0.616. The fourth-order valence-electron chi connectivity index (χ4n) is 0.562. The number of methoxy groups -OCH3 is 1. The van der Waals surface area contributed by atoms with E-state index in [0.29, 0.717) is 19.8 Å². The van der Waals surface area contributed by atoms with E-state index in [1.54, 1.807) is 12.6 Å². The molecule has 0 radical (unpaired) electrons. The van der Waals surface area contributed by atoms with Gasteiger partial charge in [-0.25, -0.2) is 4.98 Å². The second-order valence-electron chi connectivity index (χ2n) is 1.89. The molecule has 0 aliphatic rings. The van der Waals surface area contributed by atoms with Crippen LogP contribution in [0.5, 0.6) is 0 Å². The number of ether oxygens (including phenoxy) is 2. The van der Waals surface area contributed by atoms with E-state index in [1.165, 1.54) is 11.5 Å². The molecule has 0 atom stereocenters. The summed E-state index contributed by atoms with van der Waals surface area (Å²) in [5.41, 5.74) is 1.69. The largest absolute Gasteiger partial charge is 0.382 e. The average Bonchev–Trinajstić information content (AvgIpc) is 2.50. The minimum atomic E-state index is 0.479. The molecule has 62 valence electrons. The third-order valence-electron chi connectivity index (χ3n) is 1.07. The summed E-state index contributed by atoms with van der Waals surface area (Å²) in [6.07, 6.45) is 0. The number of nitrogens with zero attached hydrogens (tertiary/aromatic N) is 2. The van der Waals surface area contributed by atoms with Crippen LogP contribution in [-0.4, -0.2) is 29.7 Å². The van der Waals surface area contributed by atoms with Crippen molar-refractivity contribution in [3.8, 4) is 0 Å². The molecule has 1 aromatic heterocycles. The van der Waals surface area contributed by atoms with Gasteiger partial charge in [-0.3, -0.25) is 0 Å². The van der Waals surface area contributed by atoms with Gasteiger partial charge in [-0.15, -0.1) is 0 Å². The van der Waals surface area contributed by atoms with Gasteiger partial charge < -0.3 is 9.47 Å². The lowest BCUT2D eigenvalue weighted by atomic mass is 10.6. The Morgan fingerprint density at radius 3 is 3.09 bits per heavy atom. The summed E-state index contributed by atoms with van der Waals surface area (Å²) in [5.74, 6) is 0.742. The van der Waals surface area contributed by atoms with Crippen molar-refractivity contribution in [2.45, 2.75) is 6.61 Å². The molecule has 0 fully saturated rings. The molecule has 0 aromatic carbocycles. The molecule has 0 saturated heterocycles. The van der Waals surface area contributed by atoms with Gasteiger partial charge in [0.15, 0.2) is 5.82 Å². The van der Waals surface area contributed by atoms with Crippen LogP contribution in [0.25, 0.3) is 0 Å². The maximum atomic E-state index is 5.18. The van der Waals surface area contributed by atoms with Crippen LogP contribution in [0.15, 0.2) is 5.51 Å². The Hall–Kier alpha value is -0.520. The van der Waals surface area contributed by atoms with Crippen LogP contribution in [0.1, 0.15) is 5.82 Å². The van der Waals surface area contributed by atoms with Gasteiger partial charge in [0.2, 0.25) is 0 Å². The first-order valence-electron chi connectivity index (χ1n) is 3.25. The van der Waals surface area contributed by atoms with Crippen LogP contribution in [0.4, 0.5) is 0 Å². The first kappa shape index (κ1) is 8.58. The zero-order chi connectivity index (χ0) is 7.94. The summed E-state index contributed by atoms with van der Waals surface area (Å²) in [5, 5.41) is 0. The molecule has 0 aliphatic carbocycles. The Morgan fingerprint density at radius 1 is 1.55 bits per heavy atom.